The number of benzene rings is 1. The second-order valence-corrected chi connectivity index (χ2v) is 8.42. The number of methoxy groups -OCH3 is 1. The average molecular weight is 434 g/mol. The smallest absolute Gasteiger partial charge is 0.408 e. The van der Waals surface area contributed by atoms with Crippen molar-refractivity contribution >= 4 is 28.9 Å². The van der Waals surface area contributed by atoms with Crippen LogP contribution in [0.5, 0.6) is 0 Å². The summed E-state index contributed by atoms with van der Waals surface area (Å²) in [6.07, 6.45) is -0.0812. The zero-order valence-corrected chi connectivity index (χ0v) is 18.8. The molecule has 9 heteroatoms. The Hall–Kier alpha value is -3.07. The lowest BCUT2D eigenvalue weighted by molar-refractivity contribution is -0.153. The molecule has 0 spiro atoms. The molecule has 0 radical (unpaired) electrons. The molecule has 0 fully saturated rings. The number of H-pyrrole nitrogens is 1. The Labute approximate surface area is 181 Å². The number of para-hydroxylation sites is 1. The number of nitrogens with one attached hydrogen (secondary N) is 2. The summed E-state index contributed by atoms with van der Waals surface area (Å²) < 4.78 is 10.1. The standard InChI is InChI=1S/C22H31N3O6/c1-13(26)18(24-21(29)31-22(2,3)4)19(27)25(5)17(20(28)30-6)11-14-12-23-16-10-8-7-9-15(14)16/h7-10,12-13,17-18,23,26H,11H2,1-6H3,(H,24,29)/t13-,17+,18+/m1/s1. The largest absolute Gasteiger partial charge is 0.467 e. The molecule has 0 saturated carbocycles. The number of aromatic amines is 1. The van der Waals surface area contributed by atoms with E-state index in [1.54, 1.807) is 27.0 Å². The number of alkyl carbamates (subject to hydrolysis) is 1. The molecule has 0 bridgehead atoms. The molecule has 2 rings (SSSR count). The number of rotatable bonds is 7. The van der Waals surface area contributed by atoms with Crippen molar-refractivity contribution < 1.29 is 29.0 Å². The van der Waals surface area contributed by atoms with Crippen LogP contribution in [0.15, 0.2) is 30.5 Å². The molecule has 0 aliphatic rings. The first kappa shape index (κ1) is 24.2. The third-order valence-corrected chi connectivity index (χ3v) is 4.80. The lowest BCUT2D eigenvalue weighted by Crippen LogP contribution is -2.57. The van der Waals surface area contributed by atoms with Crippen molar-refractivity contribution in [1.82, 2.24) is 15.2 Å². The first-order valence-electron chi connectivity index (χ1n) is 10.0. The summed E-state index contributed by atoms with van der Waals surface area (Å²) in [6.45, 7) is 6.44. The second-order valence-electron chi connectivity index (χ2n) is 8.42. The first-order valence-corrected chi connectivity index (χ1v) is 10.0. The number of hydrogen-bond donors (Lipinski definition) is 3. The summed E-state index contributed by atoms with van der Waals surface area (Å²) in [5.74, 6) is -1.25. The van der Waals surface area contributed by atoms with Crippen LogP contribution < -0.4 is 5.32 Å². The van der Waals surface area contributed by atoms with Crippen molar-refractivity contribution in [2.24, 2.45) is 0 Å². The Kier molecular flexibility index (Phi) is 7.67. The number of fused-ring (bicyclic) bond motifs is 1. The van der Waals surface area contributed by atoms with E-state index >= 15 is 0 Å². The SMILES string of the molecule is COC(=O)[C@H](Cc1c[nH]c2ccccc12)N(C)C(=O)[C@@H](NC(=O)OC(C)(C)C)[C@@H](C)O. The monoisotopic (exact) mass is 433 g/mol. The van der Waals surface area contributed by atoms with E-state index in [0.29, 0.717) is 0 Å². The zero-order chi connectivity index (χ0) is 23.3. The van der Waals surface area contributed by atoms with Crippen molar-refractivity contribution in [3.8, 4) is 0 Å². The third kappa shape index (κ3) is 6.21. The van der Waals surface area contributed by atoms with Crippen LogP contribution in [0.1, 0.15) is 33.3 Å². The van der Waals surface area contributed by atoms with E-state index in [9.17, 15) is 19.5 Å². The molecule has 0 saturated heterocycles. The van der Waals surface area contributed by atoms with Crippen LogP contribution in [-0.2, 0) is 25.5 Å². The number of hydrogen-bond acceptors (Lipinski definition) is 6. The van der Waals surface area contributed by atoms with Gasteiger partial charge in [0.1, 0.15) is 17.7 Å². The van der Waals surface area contributed by atoms with Gasteiger partial charge in [0, 0.05) is 30.6 Å². The minimum absolute atomic E-state index is 0.192. The highest BCUT2D eigenvalue weighted by molar-refractivity contribution is 5.91. The molecule has 9 nitrogen and oxygen atoms in total. The Balaban J connectivity index is 2.25. The predicted octanol–water partition coefficient (Wildman–Crippen LogP) is 1.98. The molecular formula is C22H31N3O6. The van der Waals surface area contributed by atoms with E-state index in [4.69, 9.17) is 9.47 Å². The zero-order valence-electron chi connectivity index (χ0n) is 18.8. The molecule has 1 aromatic carbocycles. The molecule has 170 valence electrons. The minimum atomic E-state index is -1.30. The fourth-order valence-electron chi connectivity index (χ4n) is 3.22. The summed E-state index contributed by atoms with van der Waals surface area (Å²) >= 11 is 0. The summed E-state index contributed by atoms with van der Waals surface area (Å²) in [7, 11) is 2.68. The van der Waals surface area contributed by atoms with Crippen molar-refractivity contribution in [3.63, 3.8) is 0 Å². The number of aliphatic hydroxyl groups excluding tert-OH is 1. The van der Waals surface area contributed by atoms with Crippen LogP contribution in [0, 0.1) is 0 Å². The molecule has 31 heavy (non-hydrogen) atoms. The highest BCUT2D eigenvalue weighted by atomic mass is 16.6. The first-order chi connectivity index (χ1) is 14.4. The normalized spacial score (nSPS) is 14.4. The summed E-state index contributed by atoms with van der Waals surface area (Å²) in [6, 6.07) is 5.35. The van der Waals surface area contributed by atoms with Crippen LogP contribution in [-0.4, -0.2) is 70.9 Å². The fourth-order valence-corrected chi connectivity index (χ4v) is 3.22. The quantitative estimate of drug-likeness (QED) is 0.574. The van der Waals surface area contributed by atoms with Crippen molar-refractivity contribution in [2.75, 3.05) is 14.2 Å². The lowest BCUT2D eigenvalue weighted by Gasteiger charge is -2.31. The van der Waals surface area contributed by atoms with Gasteiger partial charge < -0.3 is 29.8 Å². The highest BCUT2D eigenvalue weighted by Gasteiger charge is 2.36. The van der Waals surface area contributed by atoms with Crippen molar-refractivity contribution in [1.29, 1.82) is 0 Å². The lowest BCUT2D eigenvalue weighted by atomic mass is 10.0. The van der Waals surface area contributed by atoms with Crippen LogP contribution in [0.25, 0.3) is 10.9 Å². The van der Waals surface area contributed by atoms with E-state index in [0.717, 1.165) is 16.5 Å². The van der Waals surface area contributed by atoms with Gasteiger partial charge in [0.2, 0.25) is 5.91 Å². The Morgan fingerprint density at radius 1 is 1.23 bits per heavy atom. The molecule has 2 amide bonds. The highest BCUT2D eigenvalue weighted by Crippen LogP contribution is 2.21. The number of aromatic nitrogens is 1. The molecule has 0 aliphatic carbocycles. The van der Waals surface area contributed by atoms with Gasteiger partial charge in [-0.3, -0.25) is 4.79 Å². The summed E-state index contributed by atoms with van der Waals surface area (Å²) in [5, 5.41) is 13.4. The molecule has 3 atom stereocenters. The average Bonchev–Trinajstić information content (AvgIpc) is 3.10. The van der Waals surface area contributed by atoms with Gasteiger partial charge in [0.25, 0.3) is 0 Å². The Morgan fingerprint density at radius 2 is 1.87 bits per heavy atom. The van der Waals surface area contributed by atoms with Crippen LogP contribution in [0.3, 0.4) is 0 Å². The van der Waals surface area contributed by atoms with Gasteiger partial charge >= 0.3 is 12.1 Å². The van der Waals surface area contributed by atoms with Crippen LogP contribution in [0.2, 0.25) is 0 Å². The van der Waals surface area contributed by atoms with E-state index < -0.39 is 41.8 Å². The molecule has 0 aliphatic heterocycles. The molecular weight excluding hydrogens is 402 g/mol. The predicted molar refractivity (Wildman–Crippen MR) is 115 cm³/mol. The van der Waals surface area contributed by atoms with Crippen molar-refractivity contribution in [3.05, 3.63) is 36.0 Å². The maximum Gasteiger partial charge on any atom is 0.408 e. The van der Waals surface area contributed by atoms with Crippen LogP contribution in [0.4, 0.5) is 4.79 Å². The molecule has 2 aromatic rings. The second kappa shape index (κ2) is 9.82. The van der Waals surface area contributed by atoms with Crippen LogP contribution >= 0.6 is 0 Å². The van der Waals surface area contributed by atoms with Gasteiger partial charge in [-0.2, -0.15) is 0 Å². The van der Waals surface area contributed by atoms with Gasteiger partial charge in [-0.15, -0.1) is 0 Å². The number of likely N-dealkylation sites (N-methyl/N-ethyl adjacent to an activating group) is 1. The summed E-state index contributed by atoms with van der Waals surface area (Å²) in [5.41, 5.74) is 0.967. The number of carbonyl (C=O) groups excluding carboxylic acids is 3. The van der Waals surface area contributed by atoms with E-state index in [2.05, 4.69) is 10.3 Å². The number of esters is 1. The van der Waals surface area contributed by atoms with Gasteiger partial charge in [0.05, 0.1) is 13.2 Å². The van der Waals surface area contributed by atoms with Crippen molar-refractivity contribution in [2.45, 2.75) is 57.9 Å². The molecule has 1 aromatic heterocycles. The Bertz CT molecular complexity index is 931. The maximum atomic E-state index is 13.1. The number of aliphatic hydroxyl groups is 1. The summed E-state index contributed by atoms with van der Waals surface area (Å²) in [4.78, 5) is 42.1. The third-order valence-electron chi connectivity index (χ3n) is 4.80. The molecule has 1 heterocycles. The van der Waals surface area contributed by atoms with E-state index in [1.807, 2.05) is 24.3 Å². The van der Waals surface area contributed by atoms with Gasteiger partial charge in [0.15, 0.2) is 0 Å². The Morgan fingerprint density at radius 3 is 2.45 bits per heavy atom. The fraction of sp³-hybridized carbons (Fsp3) is 0.500. The number of ether oxygens (including phenoxy) is 2. The number of carbonyl (C=O) groups is 3. The maximum absolute atomic E-state index is 13.1. The van der Waals surface area contributed by atoms with Gasteiger partial charge in [-0.1, -0.05) is 18.2 Å². The molecule has 0 unspecified atom stereocenters. The van der Waals surface area contributed by atoms with E-state index in [-0.39, 0.29) is 6.42 Å². The van der Waals surface area contributed by atoms with Gasteiger partial charge in [-0.05, 0) is 39.3 Å². The topological polar surface area (TPSA) is 121 Å². The van der Waals surface area contributed by atoms with E-state index in [1.165, 1.54) is 26.0 Å². The molecule has 3 N–H and O–H groups in total. The van der Waals surface area contributed by atoms with Gasteiger partial charge in [-0.25, -0.2) is 9.59 Å². The number of amides is 2. The number of nitrogens with zero attached hydrogens (tertiary/aromatic N) is 1. The minimum Gasteiger partial charge on any atom is -0.467 e.